The average molecular weight is 272 g/mol. The van der Waals surface area contributed by atoms with Gasteiger partial charge in [0.2, 0.25) is 5.88 Å². The van der Waals surface area contributed by atoms with E-state index in [2.05, 4.69) is 9.97 Å². The van der Waals surface area contributed by atoms with Gasteiger partial charge in [0.1, 0.15) is 11.6 Å². The maximum absolute atomic E-state index is 13.1. The molecule has 1 aromatic carbocycles. The molecule has 0 fully saturated rings. The molecule has 0 saturated heterocycles. The van der Waals surface area contributed by atoms with E-state index in [4.69, 9.17) is 5.73 Å². The smallest absolute Gasteiger partial charge is 0.203 e. The van der Waals surface area contributed by atoms with Gasteiger partial charge in [0, 0.05) is 6.54 Å². The first-order valence-corrected chi connectivity index (χ1v) is 6.18. The fraction of sp³-hybridized carbons (Fsp3) is 0.143. The zero-order valence-electron chi connectivity index (χ0n) is 10.6. The van der Waals surface area contributed by atoms with Crippen LogP contribution in [0.15, 0.2) is 36.7 Å². The van der Waals surface area contributed by atoms with E-state index in [1.807, 2.05) is 6.07 Å². The molecule has 20 heavy (non-hydrogen) atoms. The summed E-state index contributed by atoms with van der Waals surface area (Å²) in [6.07, 6.45) is 2.09. The summed E-state index contributed by atoms with van der Waals surface area (Å²) in [4.78, 5) is 8.12. The number of hydrogen-bond acceptors (Lipinski definition) is 4. The van der Waals surface area contributed by atoms with E-state index >= 15 is 0 Å². The maximum Gasteiger partial charge on any atom is 0.203 e. The standard InChI is InChI=1S/C14H13FN4O/c15-10-3-1-2-9(6-10)4-5-19-8-17-13-11(14(19)20)7-12(16)18-13/h1-3,6-8,20H,4-5,16H2. The van der Waals surface area contributed by atoms with Crippen LogP contribution in [-0.2, 0) is 13.0 Å². The second-order valence-electron chi connectivity index (χ2n) is 4.56. The lowest BCUT2D eigenvalue weighted by atomic mass is 10.1. The third kappa shape index (κ3) is 2.27. The number of aryl methyl sites for hydroxylation is 2. The molecule has 102 valence electrons. The molecule has 0 aromatic heterocycles. The van der Waals surface area contributed by atoms with Crippen molar-refractivity contribution >= 4 is 5.82 Å². The van der Waals surface area contributed by atoms with E-state index < -0.39 is 0 Å². The minimum atomic E-state index is -0.265. The topological polar surface area (TPSA) is 77.0 Å². The van der Waals surface area contributed by atoms with Crippen molar-refractivity contribution in [1.29, 1.82) is 0 Å². The molecule has 0 aliphatic carbocycles. The van der Waals surface area contributed by atoms with Gasteiger partial charge in [0.15, 0.2) is 5.82 Å². The number of nitrogens with zero attached hydrogens (tertiary/aromatic N) is 3. The number of benzene rings is 1. The normalized spacial score (nSPS) is 11.1. The lowest BCUT2D eigenvalue weighted by Crippen LogP contribution is -2.05. The summed E-state index contributed by atoms with van der Waals surface area (Å²) in [5.41, 5.74) is 6.95. The SMILES string of the molecule is Nc1cc2c(O)n(CCc3cccc(F)c3)cnc-2n1. The van der Waals surface area contributed by atoms with Crippen molar-refractivity contribution in [3.05, 3.63) is 48.0 Å². The molecule has 5 nitrogen and oxygen atoms in total. The average Bonchev–Trinajstić information content (AvgIpc) is 2.80. The van der Waals surface area contributed by atoms with Gasteiger partial charge in [-0.2, -0.15) is 0 Å². The Hall–Kier alpha value is -2.63. The summed E-state index contributed by atoms with van der Waals surface area (Å²) in [7, 11) is 0. The van der Waals surface area contributed by atoms with Crippen molar-refractivity contribution in [1.82, 2.24) is 14.5 Å². The Morgan fingerprint density at radius 3 is 2.95 bits per heavy atom. The van der Waals surface area contributed by atoms with Gasteiger partial charge in [-0.1, -0.05) is 12.1 Å². The van der Waals surface area contributed by atoms with Gasteiger partial charge in [0.05, 0.1) is 11.9 Å². The van der Waals surface area contributed by atoms with E-state index in [1.54, 1.807) is 16.7 Å². The molecule has 2 aliphatic rings. The molecule has 1 aromatic rings. The first-order valence-electron chi connectivity index (χ1n) is 6.18. The van der Waals surface area contributed by atoms with Crippen LogP contribution in [0.4, 0.5) is 10.2 Å². The van der Waals surface area contributed by atoms with Crippen LogP contribution < -0.4 is 5.73 Å². The Kier molecular flexibility index (Phi) is 2.98. The number of halogens is 1. The Labute approximate surface area is 114 Å². The van der Waals surface area contributed by atoms with Crippen LogP contribution in [0.25, 0.3) is 11.4 Å². The van der Waals surface area contributed by atoms with Gasteiger partial charge in [0.25, 0.3) is 0 Å². The summed E-state index contributed by atoms with van der Waals surface area (Å²) in [5, 5.41) is 10.1. The number of aromatic hydroxyl groups is 1. The Balaban J connectivity index is 1.84. The summed E-state index contributed by atoms with van der Waals surface area (Å²) in [6.45, 7) is 0.489. The monoisotopic (exact) mass is 272 g/mol. The van der Waals surface area contributed by atoms with E-state index in [0.717, 1.165) is 5.56 Å². The Morgan fingerprint density at radius 1 is 1.30 bits per heavy atom. The fourth-order valence-corrected chi connectivity index (χ4v) is 2.13. The maximum atomic E-state index is 13.1. The van der Waals surface area contributed by atoms with Crippen molar-refractivity contribution in [3.63, 3.8) is 0 Å². The zero-order valence-corrected chi connectivity index (χ0v) is 10.6. The van der Waals surface area contributed by atoms with Crippen molar-refractivity contribution in [2.75, 3.05) is 5.73 Å². The molecule has 0 unspecified atom stereocenters. The number of nitrogens with two attached hydrogens (primary N) is 1. The van der Waals surface area contributed by atoms with Crippen LogP contribution in [0.2, 0.25) is 0 Å². The van der Waals surface area contributed by atoms with Crippen LogP contribution in [0, 0.1) is 5.82 Å². The molecule has 0 radical (unpaired) electrons. The second kappa shape index (κ2) is 4.80. The molecule has 0 bridgehead atoms. The fourth-order valence-electron chi connectivity index (χ4n) is 2.13. The van der Waals surface area contributed by atoms with Gasteiger partial charge in [-0.3, -0.25) is 0 Å². The summed E-state index contributed by atoms with van der Waals surface area (Å²) >= 11 is 0. The lowest BCUT2D eigenvalue weighted by Gasteiger charge is -2.11. The molecule has 0 saturated carbocycles. The largest absolute Gasteiger partial charge is 0.494 e. The molecular weight excluding hydrogens is 259 g/mol. The number of nitrogen functional groups attached to an aromatic ring is 1. The highest BCUT2D eigenvalue weighted by atomic mass is 19.1. The van der Waals surface area contributed by atoms with Gasteiger partial charge in [-0.05, 0) is 30.2 Å². The predicted octanol–water partition coefficient (Wildman–Crippen LogP) is 2.05. The summed E-state index contributed by atoms with van der Waals surface area (Å²) in [6, 6.07) is 7.97. The van der Waals surface area contributed by atoms with Crippen molar-refractivity contribution in [2.24, 2.45) is 0 Å². The van der Waals surface area contributed by atoms with Crippen molar-refractivity contribution < 1.29 is 9.50 Å². The molecule has 2 aliphatic heterocycles. The molecule has 0 atom stereocenters. The van der Waals surface area contributed by atoms with E-state index in [-0.39, 0.29) is 11.7 Å². The third-order valence-corrected chi connectivity index (χ3v) is 3.13. The van der Waals surface area contributed by atoms with Crippen LogP contribution >= 0.6 is 0 Å². The van der Waals surface area contributed by atoms with E-state index in [0.29, 0.717) is 30.2 Å². The second-order valence-corrected chi connectivity index (χ2v) is 4.56. The first kappa shape index (κ1) is 12.4. The molecule has 0 amide bonds. The molecule has 3 N–H and O–H groups in total. The molecule has 2 heterocycles. The molecule has 3 rings (SSSR count). The summed E-state index contributed by atoms with van der Waals surface area (Å²) in [5.74, 6) is 0.543. The van der Waals surface area contributed by atoms with Crippen LogP contribution in [0.5, 0.6) is 5.88 Å². The van der Waals surface area contributed by atoms with E-state index in [9.17, 15) is 9.50 Å². The highest BCUT2D eigenvalue weighted by Crippen LogP contribution is 2.30. The molecule has 6 heteroatoms. The molecule has 0 spiro atoms. The van der Waals surface area contributed by atoms with Gasteiger partial charge < -0.3 is 15.4 Å². The Morgan fingerprint density at radius 2 is 2.15 bits per heavy atom. The van der Waals surface area contributed by atoms with Crippen molar-refractivity contribution in [2.45, 2.75) is 13.0 Å². The van der Waals surface area contributed by atoms with Crippen LogP contribution in [0.3, 0.4) is 0 Å². The van der Waals surface area contributed by atoms with Crippen molar-refractivity contribution in [3.8, 4) is 17.3 Å². The van der Waals surface area contributed by atoms with Gasteiger partial charge in [-0.25, -0.2) is 14.4 Å². The summed E-state index contributed by atoms with van der Waals surface area (Å²) < 4.78 is 14.7. The minimum absolute atomic E-state index is 0.0654. The number of anilines is 1. The number of hydrogen-bond donors (Lipinski definition) is 2. The van der Waals surface area contributed by atoms with Crippen LogP contribution in [0.1, 0.15) is 5.56 Å². The quantitative estimate of drug-likeness (QED) is 0.765. The van der Waals surface area contributed by atoms with E-state index in [1.165, 1.54) is 18.5 Å². The first-order chi connectivity index (χ1) is 9.63. The predicted molar refractivity (Wildman–Crippen MR) is 72.8 cm³/mol. The molecular formula is C14H13FN4O. The third-order valence-electron chi connectivity index (χ3n) is 3.13. The number of fused-ring (bicyclic) bond motifs is 1. The highest BCUT2D eigenvalue weighted by molar-refractivity contribution is 5.68. The van der Waals surface area contributed by atoms with Crippen LogP contribution in [-0.4, -0.2) is 19.6 Å². The van der Waals surface area contributed by atoms with Gasteiger partial charge >= 0.3 is 0 Å². The zero-order chi connectivity index (χ0) is 14.1. The van der Waals surface area contributed by atoms with Gasteiger partial charge in [-0.15, -0.1) is 0 Å². The highest BCUT2D eigenvalue weighted by Gasteiger charge is 2.15. The lowest BCUT2D eigenvalue weighted by molar-refractivity contribution is 0.410. The minimum Gasteiger partial charge on any atom is -0.494 e. The Bertz CT molecular complexity index is 725. The number of rotatable bonds is 3. The number of aromatic nitrogens is 3.